The molecule has 2 rings (SSSR count). The molecule has 0 aromatic heterocycles. The van der Waals surface area contributed by atoms with E-state index in [4.69, 9.17) is 21.4 Å². The maximum absolute atomic E-state index is 13.6. The molecule has 1 N–H and O–H groups in total. The van der Waals surface area contributed by atoms with Crippen LogP contribution in [0.4, 0.5) is 8.78 Å². The van der Waals surface area contributed by atoms with Crippen molar-refractivity contribution in [3.05, 3.63) is 64.2 Å². The topological polar surface area (TPSA) is 46.5 Å². The Kier molecular flexibility index (Phi) is 4.20. The molecule has 0 aliphatic heterocycles. The monoisotopic (exact) mass is 298 g/mol. The molecular formula is C14H9ClF2O3. The van der Waals surface area contributed by atoms with Gasteiger partial charge in [0.1, 0.15) is 29.6 Å². The van der Waals surface area contributed by atoms with E-state index in [1.807, 2.05) is 0 Å². The first-order valence-corrected chi connectivity index (χ1v) is 5.95. The molecule has 0 heterocycles. The fourth-order valence-corrected chi connectivity index (χ4v) is 1.80. The van der Waals surface area contributed by atoms with Gasteiger partial charge in [-0.05, 0) is 24.3 Å². The summed E-state index contributed by atoms with van der Waals surface area (Å²) in [5.74, 6) is -2.69. The van der Waals surface area contributed by atoms with Crippen molar-refractivity contribution < 1.29 is 23.4 Å². The number of ether oxygens (including phenoxy) is 1. The molecule has 6 heteroatoms. The molecule has 104 valence electrons. The van der Waals surface area contributed by atoms with Gasteiger partial charge in [0.05, 0.1) is 5.02 Å². The summed E-state index contributed by atoms with van der Waals surface area (Å²) in [5.41, 5.74) is -0.148. The van der Waals surface area contributed by atoms with Gasteiger partial charge in [-0.15, -0.1) is 0 Å². The molecular weight excluding hydrogens is 290 g/mol. The van der Waals surface area contributed by atoms with Gasteiger partial charge in [-0.2, -0.15) is 0 Å². The number of benzene rings is 2. The second-order valence-corrected chi connectivity index (χ2v) is 4.35. The van der Waals surface area contributed by atoms with E-state index in [0.717, 1.165) is 12.1 Å². The molecule has 0 aliphatic rings. The van der Waals surface area contributed by atoms with E-state index in [1.165, 1.54) is 18.2 Å². The van der Waals surface area contributed by atoms with Crippen LogP contribution in [0.3, 0.4) is 0 Å². The number of carboxylic acids is 1. The molecule has 0 radical (unpaired) electrons. The first-order valence-electron chi connectivity index (χ1n) is 5.57. The molecule has 0 bridgehead atoms. The van der Waals surface area contributed by atoms with E-state index in [2.05, 4.69) is 0 Å². The summed E-state index contributed by atoms with van der Waals surface area (Å²) < 4.78 is 31.9. The third kappa shape index (κ3) is 3.05. The van der Waals surface area contributed by atoms with Gasteiger partial charge in [0.15, 0.2) is 0 Å². The molecule has 2 aromatic carbocycles. The molecule has 2 aromatic rings. The first-order chi connectivity index (χ1) is 9.49. The van der Waals surface area contributed by atoms with Crippen molar-refractivity contribution in [1.29, 1.82) is 0 Å². The predicted octanol–water partition coefficient (Wildman–Crippen LogP) is 3.90. The van der Waals surface area contributed by atoms with Gasteiger partial charge in [-0.3, -0.25) is 0 Å². The zero-order valence-corrected chi connectivity index (χ0v) is 10.8. The van der Waals surface area contributed by atoms with Crippen LogP contribution in [0, 0.1) is 11.6 Å². The highest BCUT2D eigenvalue weighted by molar-refractivity contribution is 6.30. The second-order valence-electron chi connectivity index (χ2n) is 3.95. The van der Waals surface area contributed by atoms with E-state index >= 15 is 0 Å². The molecule has 0 fully saturated rings. The van der Waals surface area contributed by atoms with Crippen LogP contribution < -0.4 is 4.74 Å². The molecule has 0 saturated heterocycles. The number of hydrogen-bond donors (Lipinski definition) is 1. The molecule has 0 saturated carbocycles. The van der Waals surface area contributed by atoms with Crippen molar-refractivity contribution in [2.24, 2.45) is 0 Å². The number of hydrogen-bond acceptors (Lipinski definition) is 2. The van der Waals surface area contributed by atoms with Crippen LogP contribution in [-0.2, 0) is 6.61 Å². The highest BCUT2D eigenvalue weighted by Crippen LogP contribution is 2.23. The Morgan fingerprint density at radius 1 is 1.25 bits per heavy atom. The van der Waals surface area contributed by atoms with Crippen molar-refractivity contribution in [2.75, 3.05) is 0 Å². The van der Waals surface area contributed by atoms with Gasteiger partial charge >= 0.3 is 5.97 Å². The highest BCUT2D eigenvalue weighted by Gasteiger charge is 2.14. The third-order valence-electron chi connectivity index (χ3n) is 2.59. The molecule has 0 unspecified atom stereocenters. The summed E-state index contributed by atoms with van der Waals surface area (Å²) in [4.78, 5) is 11.0. The first kappa shape index (κ1) is 14.3. The molecule has 0 amide bonds. The van der Waals surface area contributed by atoms with Crippen molar-refractivity contribution in [3.63, 3.8) is 0 Å². The molecule has 3 nitrogen and oxygen atoms in total. The zero-order chi connectivity index (χ0) is 14.7. The van der Waals surface area contributed by atoms with Crippen LogP contribution in [0.25, 0.3) is 0 Å². The normalized spacial score (nSPS) is 10.3. The SMILES string of the molecule is O=C(O)c1cc(F)ccc1OCc1cccc(Cl)c1F. The van der Waals surface area contributed by atoms with E-state index in [0.29, 0.717) is 0 Å². The minimum atomic E-state index is -1.33. The lowest BCUT2D eigenvalue weighted by Gasteiger charge is -2.10. The molecule has 0 atom stereocenters. The number of rotatable bonds is 4. The van der Waals surface area contributed by atoms with Crippen LogP contribution in [0.5, 0.6) is 5.75 Å². The van der Waals surface area contributed by atoms with Crippen LogP contribution in [-0.4, -0.2) is 11.1 Å². The molecule has 0 aliphatic carbocycles. The number of carboxylic acid groups (broad SMARTS) is 1. The molecule has 20 heavy (non-hydrogen) atoms. The average molecular weight is 299 g/mol. The standard InChI is InChI=1S/C14H9ClF2O3/c15-11-3-1-2-8(13(11)17)7-20-12-5-4-9(16)6-10(12)14(18)19/h1-6H,7H2,(H,18,19). The largest absolute Gasteiger partial charge is 0.488 e. The van der Waals surface area contributed by atoms with Crippen molar-refractivity contribution >= 4 is 17.6 Å². The lowest BCUT2D eigenvalue weighted by Crippen LogP contribution is -2.05. The third-order valence-corrected chi connectivity index (χ3v) is 2.88. The Hall–Kier alpha value is -2.14. The van der Waals surface area contributed by atoms with Gasteiger partial charge in [0.25, 0.3) is 0 Å². The summed E-state index contributed by atoms with van der Waals surface area (Å²) in [7, 11) is 0. The van der Waals surface area contributed by atoms with Gasteiger partial charge in [0.2, 0.25) is 0 Å². The number of aromatic carboxylic acids is 1. The minimum Gasteiger partial charge on any atom is -0.488 e. The fourth-order valence-electron chi connectivity index (χ4n) is 1.61. The van der Waals surface area contributed by atoms with Crippen LogP contribution in [0.2, 0.25) is 5.02 Å². The van der Waals surface area contributed by atoms with E-state index in [9.17, 15) is 13.6 Å². The summed E-state index contributed by atoms with van der Waals surface area (Å²) in [5, 5.41) is 8.89. The maximum Gasteiger partial charge on any atom is 0.339 e. The predicted molar refractivity (Wildman–Crippen MR) is 69.1 cm³/mol. The Morgan fingerprint density at radius 2 is 2.00 bits per heavy atom. The Balaban J connectivity index is 2.23. The fraction of sp³-hybridized carbons (Fsp3) is 0.0714. The Labute approximate surface area is 118 Å². The van der Waals surface area contributed by atoms with Crippen LogP contribution in [0.15, 0.2) is 36.4 Å². The Morgan fingerprint density at radius 3 is 2.70 bits per heavy atom. The number of halogens is 3. The van der Waals surface area contributed by atoms with Crippen molar-refractivity contribution in [3.8, 4) is 5.75 Å². The highest BCUT2D eigenvalue weighted by atomic mass is 35.5. The molecule has 0 spiro atoms. The van der Waals surface area contributed by atoms with Gasteiger partial charge in [-0.1, -0.05) is 23.7 Å². The smallest absolute Gasteiger partial charge is 0.339 e. The zero-order valence-electron chi connectivity index (χ0n) is 10.1. The lowest BCUT2D eigenvalue weighted by molar-refractivity contribution is 0.0691. The summed E-state index contributed by atoms with van der Waals surface area (Å²) in [6.07, 6.45) is 0. The summed E-state index contributed by atoms with van der Waals surface area (Å²) >= 11 is 5.62. The van der Waals surface area contributed by atoms with Crippen LogP contribution in [0.1, 0.15) is 15.9 Å². The van der Waals surface area contributed by atoms with E-state index in [1.54, 1.807) is 6.07 Å². The van der Waals surface area contributed by atoms with Gasteiger partial charge < -0.3 is 9.84 Å². The number of carbonyl (C=O) groups is 1. The van der Waals surface area contributed by atoms with E-state index < -0.39 is 17.6 Å². The summed E-state index contributed by atoms with van der Waals surface area (Å²) in [6.45, 7) is -0.210. The van der Waals surface area contributed by atoms with Crippen molar-refractivity contribution in [1.82, 2.24) is 0 Å². The Bertz CT molecular complexity index is 659. The van der Waals surface area contributed by atoms with Gasteiger partial charge in [-0.25, -0.2) is 13.6 Å². The summed E-state index contributed by atoms with van der Waals surface area (Å²) in [6, 6.07) is 7.49. The lowest BCUT2D eigenvalue weighted by atomic mass is 10.2. The van der Waals surface area contributed by atoms with E-state index in [-0.39, 0.29) is 28.5 Å². The average Bonchev–Trinajstić information content (AvgIpc) is 2.41. The van der Waals surface area contributed by atoms with Crippen molar-refractivity contribution in [2.45, 2.75) is 6.61 Å². The minimum absolute atomic E-state index is 0.0433. The maximum atomic E-state index is 13.6. The van der Waals surface area contributed by atoms with Gasteiger partial charge in [0, 0.05) is 5.56 Å². The van der Waals surface area contributed by atoms with Crippen LogP contribution >= 0.6 is 11.6 Å². The quantitative estimate of drug-likeness (QED) is 0.931. The second kappa shape index (κ2) is 5.88.